The molecular weight excluding hydrogens is 596 g/mol. The quantitative estimate of drug-likeness (QED) is 0.203. The molecular formula is C30H20Br2N2O3. The number of allylic oxidation sites excluding steroid dienone is 4. The zero-order valence-corrected chi connectivity index (χ0v) is 23.1. The molecule has 0 unspecified atom stereocenters. The summed E-state index contributed by atoms with van der Waals surface area (Å²) in [4.78, 5) is 34.9. The maximum absolute atomic E-state index is 14.1. The Morgan fingerprint density at radius 1 is 0.703 bits per heavy atom. The van der Waals surface area contributed by atoms with Crippen molar-refractivity contribution in [2.24, 2.45) is 0 Å². The lowest BCUT2D eigenvalue weighted by Gasteiger charge is -2.20. The number of carbonyl (C=O) groups is 2. The Kier molecular flexibility index (Phi) is 5.77. The van der Waals surface area contributed by atoms with E-state index >= 15 is 0 Å². The van der Waals surface area contributed by atoms with E-state index in [1.807, 2.05) is 79.7 Å². The third-order valence-corrected chi connectivity index (χ3v) is 8.27. The number of ether oxygens (including phenoxy) is 1. The highest BCUT2D eigenvalue weighted by Crippen LogP contribution is 2.47. The molecule has 0 radical (unpaired) electrons. The molecule has 5 nitrogen and oxygen atoms in total. The molecule has 37 heavy (non-hydrogen) atoms. The molecule has 2 heterocycles. The number of carbonyl (C=O) groups excluding carboxylic acids is 2. The number of rotatable bonds is 4. The van der Waals surface area contributed by atoms with Crippen molar-refractivity contribution in [2.45, 2.75) is 6.92 Å². The normalized spacial score (nSPS) is 14.4. The fourth-order valence-corrected chi connectivity index (χ4v) is 6.22. The number of hydrogen-bond donors (Lipinski definition) is 2. The largest absolute Gasteiger partial charge is 0.497 e. The molecule has 6 rings (SSSR count). The highest BCUT2D eigenvalue weighted by Gasteiger charge is 2.37. The van der Waals surface area contributed by atoms with Crippen LogP contribution >= 0.6 is 31.9 Å². The minimum Gasteiger partial charge on any atom is -0.497 e. The molecule has 0 saturated heterocycles. The second kappa shape index (κ2) is 9.01. The van der Waals surface area contributed by atoms with Crippen molar-refractivity contribution in [3.8, 4) is 17.0 Å². The van der Waals surface area contributed by atoms with Gasteiger partial charge < -0.3 is 14.7 Å². The lowest BCUT2D eigenvalue weighted by Crippen LogP contribution is -2.19. The van der Waals surface area contributed by atoms with E-state index in [4.69, 9.17) is 4.74 Å². The molecule has 0 aliphatic heterocycles. The molecule has 0 spiro atoms. The SMILES string of the molecule is COc1ccc2[nH]c(C)c(C3=C(Br)C(=O)C(c4c(-c5ccccc5)[nH]c5ccccc45)=C(Br)C3=O)c2c1. The zero-order valence-electron chi connectivity index (χ0n) is 19.9. The highest BCUT2D eigenvalue weighted by atomic mass is 79.9. The highest BCUT2D eigenvalue weighted by molar-refractivity contribution is 9.12. The van der Waals surface area contributed by atoms with Gasteiger partial charge in [-0.2, -0.15) is 0 Å². The van der Waals surface area contributed by atoms with Crippen molar-refractivity contribution in [3.63, 3.8) is 0 Å². The first kappa shape index (κ1) is 23.7. The maximum Gasteiger partial charge on any atom is 0.202 e. The number of aromatic amines is 2. The van der Waals surface area contributed by atoms with Crippen LogP contribution in [0.5, 0.6) is 5.75 Å². The number of nitrogens with one attached hydrogen (secondary N) is 2. The summed E-state index contributed by atoms with van der Waals surface area (Å²) < 4.78 is 5.88. The Hall–Kier alpha value is -3.68. The number of para-hydroxylation sites is 1. The van der Waals surface area contributed by atoms with Crippen LogP contribution in [0.1, 0.15) is 16.8 Å². The van der Waals surface area contributed by atoms with Crippen molar-refractivity contribution >= 4 is 76.4 Å². The first-order valence-electron chi connectivity index (χ1n) is 11.6. The van der Waals surface area contributed by atoms with E-state index in [-0.39, 0.29) is 20.5 Å². The minimum atomic E-state index is -0.266. The second-order valence-corrected chi connectivity index (χ2v) is 10.4. The van der Waals surface area contributed by atoms with Crippen LogP contribution in [0.25, 0.3) is 44.2 Å². The van der Waals surface area contributed by atoms with Gasteiger partial charge >= 0.3 is 0 Å². The standard InChI is InChI=1S/C30H20Br2N2O3/c1-15-22(19-14-17(37-2)12-13-21(19)33-15)24-26(31)30(36)25(27(32)29(24)35)23-18-10-6-7-11-20(18)34-28(23)16-8-4-3-5-9-16/h3-14,33-34H,1-2H3. The van der Waals surface area contributed by atoms with Crippen LogP contribution in [0, 0.1) is 6.92 Å². The van der Waals surface area contributed by atoms with Gasteiger partial charge in [-0.1, -0.05) is 48.5 Å². The molecule has 2 N–H and O–H groups in total. The third kappa shape index (κ3) is 3.64. The van der Waals surface area contributed by atoms with Crippen LogP contribution in [0.4, 0.5) is 0 Å². The number of H-pyrrole nitrogens is 2. The van der Waals surface area contributed by atoms with E-state index in [1.165, 1.54) is 0 Å². The average molecular weight is 616 g/mol. The predicted molar refractivity (Wildman–Crippen MR) is 155 cm³/mol. The Bertz CT molecular complexity index is 1820. The maximum atomic E-state index is 14.1. The molecule has 5 aromatic rings. The Balaban J connectivity index is 1.60. The topological polar surface area (TPSA) is 75.0 Å². The summed E-state index contributed by atoms with van der Waals surface area (Å²) in [7, 11) is 1.60. The number of ketones is 2. The van der Waals surface area contributed by atoms with E-state index in [0.717, 1.165) is 38.8 Å². The van der Waals surface area contributed by atoms with Crippen LogP contribution in [-0.4, -0.2) is 28.6 Å². The molecule has 1 aliphatic rings. The zero-order chi connectivity index (χ0) is 25.8. The minimum absolute atomic E-state index is 0.229. The summed E-state index contributed by atoms with van der Waals surface area (Å²) in [5, 5.41) is 1.68. The van der Waals surface area contributed by atoms with Crippen molar-refractivity contribution < 1.29 is 14.3 Å². The van der Waals surface area contributed by atoms with Gasteiger partial charge in [0.25, 0.3) is 0 Å². The molecule has 0 atom stereocenters. The Morgan fingerprint density at radius 3 is 2.03 bits per heavy atom. The van der Waals surface area contributed by atoms with Gasteiger partial charge in [-0.25, -0.2) is 0 Å². The molecule has 0 bridgehead atoms. The Morgan fingerprint density at radius 2 is 1.32 bits per heavy atom. The summed E-state index contributed by atoms with van der Waals surface area (Å²) in [6, 6.07) is 23.2. The summed E-state index contributed by atoms with van der Waals surface area (Å²) in [5.74, 6) is 0.137. The van der Waals surface area contributed by atoms with E-state index < -0.39 is 0 Å². The summed E-state index contributed by atoms with van der Waals surface area (Å²) in [5.41, 5.74) is 6.25. The number of hydrogen-bond acceptors (Lipinski definition) is 3. The predicted octanol–water partition coefficient (Wildman–Crippen LogP) is 7.70. The number of aryl methyl sites for hydroxylation is 1. The first-order chi connectivity index (χ1) is 17.9. The summed E-state index contributed by atoms with van der Waals surface area (Å²) >= 11 is 7.08. The number of benzene rings is 3. The smallest absolute Gasteiger partial charge is 0.202 e. The van der Waals surface area contributed by atoms with E-state index in [9.17, 15) is 9.59 Å². The van der Waals surface area contributed by atoms with Crippen LogP contribution in [0.3, 0.4) is 0 Å². The molecule has 2 aromatic heterocycles. The van der Waals surface area contributed by atoms with Gasteiger partial charge in [-0.05, 0) is 68.6 Å². The first-order valence-corrected chi connectivity index (χ1v) is 13.2. The molecule has 0 saturated carbocycles. The van der Waals surface area contributed by atoms with Crippen LogP contribution < -0.4 is 4.74 Å². The number of Topliss-reactive ketones (excluding diaryl/α,β-unsaturated/α-hetero) is 2. The summed E-state index contributed by atoms with van der Waals surface area (Å²) in [6.07, 6.45) is 0. The van der Waals surface area contributed by atoms with Gasteiger partial charge in [0.05, 0.1) is 32.9 Å². The van der Waals surface area contributed by atoms with Gasteiger partial charge in [0.2, 0.25) is 11.6 Å². The van der Waals surface area contributed by atoms with Gasteiger partial charge in [-0.15, -0.1) is 0 Å². The monoisotopic (exact) mass is 614 g/mol. The molecule has 182 valence electrons. The van der Waals surface area contributed by atoms with Gasteiger partial charge in [0.15, 0.2) is 0 Å². The fourth-order valence-electron chi connectivity index (χ4n) is 5.07. The van der Waals surface area contributed by atoms with Crippen molar-refractivity contribution in [1.82, 2.24) is 9.97 Å². The molecule has 0 fully saturated rings. The average Bonchev–Trinajstić information content (AvgIpc) is 3.45. The Labute approximate surface area is 229 Å². The van der Waals surface area contributed by atoms with Crippen LogP contribution in [-0.2, 0) is 9.59 Å². The third-order valence-electron chi connectivity index (χ3n) is 6.75. The molecule has 0 amide bonds. The van der Waals surface area contributed by atoms with E-state index in [1.54, 1.807) is 7.11 Å². The molecule has 3 aromatic carbocycles. The van der Waals surface area contributed by atoms with Crippen molar-refractivity contribution in [2.75, 3.05) is 7.11 Å². The number of aromatic nitrogens is 2. The van der Waals surface area contributed by atoms with Gasteiger partial charge in [0.1, 0.15) is 5.75 Å². The van der Waals surface area contributed by atoms with Crippen LogP contribution in [0.2, 0.25) is 0 Å². The lowest BCUT2D eigenvalue weighted by atomic mass is 9.86. The number of methoxy groups -OCH3 is 1. The van der Waals surface area contributed by atoms with Gasteiger partial charge in [-0.3, -0.25) is 9.59 Å². The van der Waals surface area contributed by atoms with E-state index in [2.05, 4.69) is 41.8 Å². The lowest BCUT2D eigenvalue weighted by molar-refractivity contribution is -0.112. The van der Waals surface area contributed by atoms with Crippen molar-refractivity contribution in [3.05, 3.63) is 98.6 Å². The molecule has 1 aliphatic carbocycles. The van der Waals surface area contributed by atoms with Crippen LogP contribution in [0.15, 0.2) is 81.8 Å². The van der Waals surface area contributed by atoms with Crippen molar-refractivity contribution in [1.29, 1.82) is 0 Å². The fraction of sp³-hybridized carbons (Fsp3) is 0.0667. The van der Waals surface area contributed by atoms with Gasteiger partial charge in [0, 0.05) is 38.6 Å². The number of fused-ring (bicyclic) bond motifs is 2. The number of halogens is 2. The van der Waals surface area contributed by atoms with E-state index in [0.29, 0.717) is 28.0 Å². The molecule has 7 heteroatoms. The summed E-state index contributed by atoms with van der Waals surface area (Å²) in [6.45, 7) is 1.90. The second-order valence-electron chi connectivity index (χ2n) is 8.86.